The molecular weight excluding hydrogens is 1360 g/mol. The second-order valence-electron chi connectivity index (χ2n) is 26.2. The van der Waals surface area contributed by atoms with Crippen LogP contribution in [0.3, 0.4) is 0 Å². The van der Waals surface area contributed by atoms with E-state index in [2.05, 4.69) is 278 Å². The molecule has 0 bridgehead atoms. The largest absolute Gasteiger partial charge is 0.278 e. The second-order valence-corrected chi connectivity index (χ2v) is 30.4. The van der Waals surface area contributed by atoms with Crippen LogP contribution in [0.25, 0.3) is 211 Å². The molecule has 0 saturated heterocycles. The van der Waals surface area contributed by atoms with Gasteiger partial charge in [0.25, 0.3) is 0 Å². The Morgan fingerprint density at radius 1 is 0.210 bits per heavy atom. The van der Waals surface area contributed by atoms with E-state index in [-0.39, 0.29) is 0 Å². The van der Waals surface area contributed by atoms with Crippen LogP contribution < -0.4 is 0 Å². The Hall–Kier alpha value is -12.9. The molecule has 0 atom stereocenters. The van der Waals surface area contributed by atoms with E-state index < -0.39 is 0 Å². The van der Waals surface area contributed by atoms with Gasteiger partial charge in [0.05, 0.1) is 31.5 Å². The lowest BCUT2D eigenvalue weighted by atomic mass is 9.95. The minimum Gasteiger partial charge on any atom is -0.278 e. The van der Waals surface area contributed by atoms with Gasteiger partial charge < -0.3 is 0 Å². The molecular formula is C92H53N9S4. The number of aromatic nitrogens is 9. The van der Waals surface area contributed by atoms with Gasteiger partial charge in [-0.2, -0.15) is 9.97 Å². The number of thiazole rings is 2. The normalized spacial score (nSPS) is 11.8. The van der Waals surface area contributed by atoms with Gasteiger partial charge in [0.1, 0.15) is 10.0 Å². The highest BCUT2D eigenvalue weighted by Gasteiger charge is 2.24. The number of hydrogen-bond acceptors (Lipinski definition) is 12. The van der Waals surface area contributed by atoms with Crippen LogP contribution in [-0.2, 0) is 0 Å². The summed E-state index contributed by atoms with van der Waals surface area (Å²) in [5.74, 6) is 3.53. The predicted octanol–water partition coefficient (Wildman–Crippen LogP) is 25.4. The quantitative estimate of drug-likeness (QED) is 0.119. The molecule has 0 N–H and O–H groups in total. The van der Waals surface area contributed by atoms with E-state index in [9.17, 15) is 0 Å². The Balaban J connectivity index is 0.676. The highest BCUT2D eigenvalue weighted by molar-refractivity contribution is 7.26. The zero-order valence-electron chi connectivity index (χ0n) is 55.8. The molecule has 0 unspecified atom stereocenters. The Labute approximate surface area is 617 Å². The van der Waals surface area contributed by atoms with Crippen molar-refractivity contribution in [3.63, 3.8) is 0 Å². The SMILES string of the molecule is c1ccc(-c2nc(-c3cccc(-c4ccc(-c5ccc(-c6nc(-c7ccccc7)nc(-n7c8ccccc8c8ccccc87)n6)c6c5sc5ccc(-c7cccc(-c8nc9ccccc9s8)c7)cc56)cc4)c3)nc(-c3cccc4sc5ccc(-c6cccc(-c7nc8ccccc8s7)c6)cc5c34)n2)cc1. The molecule has 13 heteroatoms. The summed E-state index contributed by atoms with van der Waals surface area (Å²) in [6.45, 7) is 0. The number of hydrogen-bond donors (Lipinski definition) is 0. The molecule has 0 aliphatic rings. The standard InChI is InChI=1S/C92H53N9S4/c1-3-19-56(20-4-1)85-95-87(98-88(96-85)69-31-18-38-81-82(69)71-52-61(43-47-77(71)102-81)59-24-16-27-64(50-59)90-93-73-32-9-13-36-79(73)104-90)63-26-15-23-58(49-63)54-39-41-55(42-40-54)66-45-46-70(83-72-53-62(44-48-78(72)103-84(66)83)60-25-17-28-65(51-60)91-94-74-33-10-14-37-80(74)105-91)89-97-86(57-21-5-2-6-22-57)99-92(100-89)101-75-34-11-7-29-67(75)68-30-8-12-35-76(68)101/h1-53H. The van der Waals surface area contributed by atoms with Gasteiger partial charge in [0.15, 0.2) is 29.1 Å². The van der Waals surface area contributed by atoms with Crippen molar-refractivity contribution in [1.82, 2.24) is 44.4 Å². The van der Waals surface area contributed by atoms with Gasteiger partial charge in [0.2, 0.25) is 5.95 Å². The van der Waals surface area contributed by atoms with Gasteiger partial charge >= 0.3 is 0 Å². The number of fused-ring (bicyclic) bond motifs is 11. The van der Waals surface area contributed by atoms with E-state index in [4.69, 9.17) is 39.9 Å². The third kappa shape index (κ3) is 10.7. The fourth-order valence-electron chi connectivity index (χ4n) is 14.8. The third-order valence-electron chi connectivity index (χ3n) is 19.8. The Kier molecular flexibility index (Phi) is 14.5. The maximum atomic E-state index is 5.54. The topological polar surface area (TPSA) is 108 Å². The molecule has 7 heterocycles. The molecule has 0 aliphatic heterocycles. The molecule has 490 valence electrons. The van der Waals surface area contributed by atoms with Gasteiger partial charge in [-0.1, -0.05) is 231 Å². The van der Waals surface area contributed by atoms with Crippen LogP contribution in [0.2, 0.25) is 0 Å². The van der Waals surface area contributed by atoms with Gasteiger partial charge in [-0.15, -0.1) is 45.3 Å². The molecule has 0 spiro atoms. The molecule has 21 aromatic rings. The molecule has 0 amide bonds. The second kappa shape index (κ2) is 25.0. The van der Waals surface area contributed by atoms with Crippen molar-refractivity contribution in [2.45, 2.75) is 0 Å². The average Bonchev–Trinajstić information content (AvgIpc) is 1.63. The van der Waals surface area contributed by atoms with Crippen molar-refractivity contribution in [3.8, 4) is 129 Å². The van der Waals surface area contributed by atoms with Gasteiger partial charge in [0, 0.05) is 90.1 Å². The van der Waals surface area contributed by atoms with Crippen molar-refractivity contribution < 1.29 is 0 Å². The number of para-hydroxylation sites is 4. The first-order chi connectivity index (χ1) is 52.0. The molecule has 105 heavy (non-hydrogen) atoms. The van der Waals surface area contributed by atoms with Crippen LogP contribution in [-0.4, -0.2) is 44.4 Å². The first-order valence-corrected chi connectivity index (χ1v) is 37.9. The van der Waals surface area contributed by atoms with E-state index in [0.29, 0.717) is 35.1 Å². The summed E-state index contributed by atoms with van der Waals surface area (Å²) in [5, 5.41) is 8.74. The van der Waals surface area contributed by atoms with Crippen LogP contribution in [0.15, 0.2) is 322 Å². The lowest BCUT2D eigenvalue weighted by Gasteiger charge is -2.13. The number of thiophene rings is 2. The van der Waals surface area contributed by atoms with Crippen molar-refractivity contribution in [3.05, 3.63) is 322 Å². The third-order valence-corrected chi connectivity index (χ3v) is 24.3. The zero-order chi connectivity index (χ0) is 69.1. The monoisotopic (exact) mass is 1410 g/mol. The fourth-order valence-corrected chi connectivity index (χ4v) is 19.1. The highest BCUT2D eigenvalue weighted by Crippen LogP contribution is 2.48. The van der Waals surface area contributed by atoms with Crippen molar-refractivity contribution in [1.29, 1.82) is 0 Å². The summed E-state index contributed by atoms with van der Waals surface area (Å²) in [6, 6.07) is 114. The van der Waals surface area contributed by atoms with E-state index in [1.807, 2.05) is 48.5 Å². The molecule has 0 radical (unpaired) electrons. The van der Waals surface area contributed by atoms with Crippen LogP contribution in [0.4, 0.5) is 0 Å². The summed E-state index contributed by atoms with van der Waals surface area (Å²) in [5.41, 5.74) is 19.6. The van der Waals surface area contributed by atoms with E-state index in [1.54, 1.807) is 45.3 Å². The summed E-state index contributed by atoms with van der Waals surface area (Å²) in [7, 11) is 0. The summed E-state index contributed by atoms with van der Waals surface area (Å²) >= 11 is 7.03. The smallest absolute Gasteiger partial charge is 0.238 e. The number of benzene rings is 14. The Bertz CT molecular complexity index is 6930. The van der Waals surface area contributed by atoms with E-state index in [0.717, 1.165) is 157 Å². The van der Waals surface area contributed by atoms with Gasteiger partial charge in [-0.3, -0.25) is 4.57 Å². The molecule has 0 fully saturated rings. The predicted molar refractivity (Wildman–Crippen MR) is 439 cm³/mol. The Morgan fingerprint density at radius 2 is 0.619 bits per heavy atom. The minimum atomic E-state index is 0.548. The van der Waals surface area contributed by atoms with Crippen LogP contribution in [0.5, 0.6) is 0 Å². The van der Waals surface area contributed by atoms with E-state index >= 15 is 0 Å². The van der Waals surface area contributed by atoms with Crippen LogP contribution in [0, 0.1) is 0 Å². The maximum absolute atomic E-state index is 5.54. The minimum absolute atomic E-state index is 0.548. The number of rotatable bonds is 12. The fraction of sp³-hybridized carbons (Fsp3) is 0. The molecule has 0 aliphatic carbocycles. The maximum Gasteiger partial charge on any atom is 0.238 e. The summed E-state index contributed by atoms with van der Waals surface area (Å²) in [6.07, 6.45) is 0. The summed E-state index contributed by atoms with van der Waals surface area (Å²) in [4.78, 5) is 42.4. The van der Waals surface area contributed by atoms with Crippen LogP contribution >= 0.6 is 45.3 Å². The summed E-state index contributed by atoms with van der Waals surface area (Å²) < 4.78 is 9.19. The lowest BCUT2D eigenvalue weighted by molar-refractivity contribution is 0.954. The molecule has 7 aromatic heterocycles. The van der Waals surface area contributed by atoms with E-state index in [1.165, 1.54) is 18.8 Å². The van der Waals surface area contributed by atoms with Gasteiger partial charge in [-0.25, -0.2) is 29.9 Å². The lowest BCUT2D eigenvalue weighted by Crippen LogP contribution is -2.06. The highest BCUT2D eigenvalue weighted by atomic mass is 32.1. The molecule has 9 nitrogen and oxygen atoms in total. The molecule has 0 saturated carbocycles. The Morgan fingerprint density at radius 3 is 1.24 bits per heavy atom. The van der Waals surface area contributed by atoms with Crippen molar-refractivity contribution in [2.24, 2.45) is 0 Å². The molecule has 21 rings (SSSR count). The molecule has 14 aromatic carbocycles. The van der Waals surface area contributed by atoms with Crippen LogP contribution in [0.1, 0.15) is 0 Å². The average molecular weight is 1410 g/mol. The van der Waals surface area contributed by atoms with Crippen molar-refractivity contribution >= 4 is 128 Å². The first-order valence-electron chi connectivity index (χ1n) is 34.7. The van der Waals surface area contributed by atoms with Gasteiger partial charge in [-0.05, 0) is 136 Å². The zero-order valence-corrected chi connectivity index (χ0v) is 59.0. The number of nitrogens with zero attached hydrogens (tertiary/aromatic N) is 9. The first kappa shape index (κ1) is 60.8. The van der Waals surface area contributed by atoms with Crippen molar-refractivity contribution in [2.75, 3.05) is 0 Å².